The molecule has 0 bridgehead atoms. The molecule has 2 heterocycles. The Balaban J connectivity index is 1.43. The van der Waals surface area contributed by atoms with E-state index in [0.717, 1.165) is 53.7 Å². The molecule has 1 N–H and O–H groups in total. The maximum absolute atomic E-state index is 14.6. The van der Waals surface area contributed by atoms with Crippen LogP contribution in [0.5, 0.6) is 0 Å². The van der Waals surface area contributed by atoms with Crippen molar-refractivity contribution in [3.63, 3.8) is 0 Å². The highest BCUT2D eigenvalue weighted by Gasteiger charge is 2.34. The standard InChI is InChI=1S/C22H20BrF2N5O/c23-14-5-7-16(8-6-14)30-20(13-3-4-13)19(27-28-30)22(31)26-15-11-17(24)21(18(25)12-15)29-9-1-2-10-29/h5-8,11-13H,1-4,9-10H2,(H,26,31). The second-order valence-corrected chi connectivity index (χ2v) is 8.84. The number of benzene rings is 2. The van der Waals surface area contributed by atoms with Gasteiger partial charge in [-0.1, -0.05) is 21.1 Å². The van der Waals surface area contributed by atoms with E-state index in [9.17, 15) is 13.6 Å². The van der Waals surface area contributed by atoms with Crippen LogP contribution in [0.2, 0.25) is 0 Å². The summed E-state index contributed by atoms with van der Waals surface area (Å²) in [5, 5.41) is 10.9. The number of nitrogens with zero attached hydrogens (tertiary/aromatic N) is 4. The van der Waals surface area contributed by atoms with Gasteiger partial charge in [-0.2, -0.15) is 0 Å². The third kappa shape index (κ3) is 3.94. The zero-order valence-electron chi connectivity index (χ0n) is 16.6. The molecule has 6 nitrogen and oxygen atoms in total. The summed E-state index contributed by atoms with van der Waals surface area (Å²) in [6.45, 7) is 1.26. The number of halogens is 3. The van der Waals surface area contributed by atoms with Crippen molar-refractivity contribution in [3.8, 4) is 5.69 Å². The number of aromatic nitrogens is 3. The first-order chi connectivity index (χ1) is 15.0. The first-order valence-corrected chi connectivity index (χ1v) is 11.1. The maximum Gasteiger partial charge on any atom is 0.278 e. The van der Waals surface area contributed by atoms with Gasteiger partial charge in [-0.3, -0.25) is 4.79 Å². The van der Waals surface area contributed by atoms with E-state index in [2.05, 4.69) is 31.6 Å². The minimum Gasteiger partial charge on any atom is -0.367 e. The molecule has 3 aromatic rings. The summed E-state index contributed by atoms with van der Waals surface area (Å²) in [4.78, 5) is 14.6. The predicted molar refractivity (Wildman–Crippen MR) is 117 cm³/mol. The fourth-order valence-electron chi connectivity index (χ4n) is 4.02. The molecule has 1 aromatic heterocycles. The Morgan fingerprint density at radius 2 is 1.71 bits per heavy atom. The lowest BCUT2D eigenvalue weighted by molar-refractivity contribution is 0.102. The summed E-state index contributed by atoms with van der Waals surface area (Å²) >= 11 is 3.41. The summed E-state index contributed by atoms with van der Waals surface area (Å²) in [5.74, 6) is -1.71. The molecular weight excluding hydrogens is 468 g/mol. The number of nitrogens with one attached hydrogen (secondary N) is 1. The number of anilines is 2. The van der Waals surface area contributed by atoms with Crippen molar-refractivity contribution in [1.29, 1.82) is 0 Å². The molecule has 9 heteroatoms. The highest BCUT2D eigenvalue weighted by atomic mass is 79.9. The van der Waals surface area contributed by atoms with Crippen LogP contribution in [0.1, 0.15) is 47.8 Å². The van der Waals surface area contributed by atoms with Crippen molar-refractivity contribution in [2.24, 2.45) is 0 Å². The van der Waals surface area contributed by atoms with Crippen LogP contribution in [0.15, 0.2) is 40.9 Å². The molecule has 1 amide bonds. The monoisotopic (exact) mass is 487 g/mol. The molecular formula is C22H20BrF2N5O. The van der Waals surface area contributed by atoms with Gasteiger partial charge in [-0.05, 0) is 62.1 Å². The average molecular weight is 488 g/mol. The Morgan fingerprint density at radius 1 is 1.06 bits per heavy atom. The van der Waals surface area contributed by atoms with Crippen LogP contribution < -0.4 is 10.2 Å². The molecule has 2 fully saturated rings. The molecule has 2 aromatic carbocycles. The van der Waals surface area contributed by atoms with E-state index in [1.165, 1.54) is 0 Å². The van der Waals surface area contributed by atoms with Gasteiger partial charge in [-0.15, -0.1) is 5.10 Å². The molecule has 0 unspecified atom stereocenters. The van der Waals surface area contributed by atoms with Gasteiger partial charge in [0, 0.05) is 29.2 Å². The Bertz CT molecular complexity index is 1110. The van der Waals surface area contributed by atoms with E-state index in [0.29, 0.717) is 13.1 Å². The van der Waals surface area contributed by atoms with Crippen LogP contribution in [0, 0.1) is 11.6 Å². The van der Waals surface area contributed by atoms with Gasteiger partial charge in [0.15, 0.2) is 17.3 Å². The van der Waals surface area contributed by atoms with E-state index >= 15 is 0 Å². The van der Waals surface area contributed by atoms with E-state index in [1.54, 1.807) is 9.58 Å². The van der Waals surface area contributed by atoms with Crippen molar-refractivity contribution in [3.05, 3.63) is 63.9 Å². The number of hydrogen-bond acceptors (Lipinski definition) is 4. The molecule has 1 saturated carbocycles. The van der Waals surface area contributed by atoms with Crippen LogP contribution >= 0.6 is 15.9 Å². The fraction of sp³-hybridized carbons (Fsp3) is 0.318. The lowest BCUT2D eigenvalue weighted by Gasteiger charge is -2.19. The van der Waals surface area contributed by atoms with Crippen molar-refractivity contribution in [1.82, 2.24) is 15.0 Å². The lowest BCUT2D eigenvalue weighted by atomic mass is 10.2. The smallest absolute Gasteiger partial charge is 0.278 e. The third-order valence-electron chi connectivity index (χ3n) is 5.65. The van der Waals surface area contributed by atoms with Gasteiger partial charge >= 0.3 is 0 Å². The number of carbonyl (C=O) groups is 1. The zero-order valence-corrected chi connectivity index (χ0v) is 18.2. The minimum atomic E-state index is -0.682. The quantitative estimate of drug-likeness (QED) is 0.547. The van der Waals surface area contributed by atoms with Crippen LogP contribution in [0.25, 0.3) is 5.69 Å². The van der Waals surface area contributed by atoms with Gasteiger partial charge < -0.3 is 10.2 Å². The SMILES string of the molecule is O=C(Nc1cc(F)c(N2CCCC2)c(F)c1)c1nnn(-c2ccc(Br)cc2)c1C1CC1. The first-order valence-electron chi connectivity index (χ1n) is 10.3. The summed E-state index contributed by atoms with van der Waals surface area (Å²) in [6.07, 6.45) is 3.71. The molecule has 160 valence electrons. The third-order valence-corrected chi connectivity index (χ3v) is 6.18. The Labute approximate surface area is 186 Å². The topological polar surface area (TPSA) is 63.1 Å². The number of carbonyl (C=O) groups excluding carboxylic acids is 1. The Hall–Kier alpha value is -2.81. The molecule has 1 aliphatic carbocycles. The second-order valence-electron chi connectivity index (χ2n) is 7.92. The van der Waals surface area contributed by atoms with Gasteiger partial charge in [-0.25, -0.2) is 13.5 Å². The summed E-state index contributed by atoms with van der Waals surface area (Å²) in [5.41, 5.74) is 1.71. The first kappa shape index (κ1) is 20.1. The Morgan fingerprint density at radius 3 is 2.32 bits per heavy atom. The van der Waals surface area contributed by atoms with Gasteiger partial charge in [0.1, 0.15) is 5.69 Å². The summed E-state index contributed by atoms with van der Waals surface area (Å²) in [6, 6.07) is 9.86. The second kappa shape index (κ2) is 8.03. The Kier molecular flexibility index (Phi) is 5.21. The number of amides is 1. The fourth-order valence-corrected chi connectivity index (χ4v) is 4.28. The molecule has 5 rings (SSSR count). The molecule has 1 saturated heterocycles. The van der Waals surface area contributed by atoms with Crippen LogP contribution in [-0.2, 0) is 0 Å². The number of rotatable bonds is 5. The molecule has 31 heavy (non-hydrogen) atoms. The zero-order chi connectivity index (χ0) is 21.5. The number of hydrogen-bond donors (Lipinski definition) is 1. The molecule has 0 radical (unpaired) electrons. The van der Waals surface area contributed by atoms with Crippen molar-refractivity contribution >= 4 is 33.2 Å². The largest absolute Gasteiger partial charge is 0.367 e. The predicted octanol–water partition coefficient (Wildman–Crippen LogP) is 5.04. The van der Waals surface area contributed by atoms with Gasteiger partial charge in [0.25, 0.3) is 5.91 Å². The molecule has 1 aliphatic heterocycles. The summed E-state index contributed by atoms with van der Waals surface area (Å²) < 4.78 is 31.8. The van der Waals surface area contributed by atoms with Crippen molar-refractivity contribution in [2.75, 3.05) is 23.3 Å². The van der Waals surface area contributed by atoms with E-state index in [-0.39, 0.29) is 23.0 Å². The average Bonchev–Trinajstić information content (AvgIpc) is 3.24. The molecule has 0 atom stereocenters. The van der Waals surface area contributed by atoms with E-state index in [4.69, 9.17) is 0 Å². The van der Waals surface area contributed by atoms with Crippen molar-refractivity contribution < 1.29 is 13.6 Å². The van der Waals surface area contributed by atoms with E-state index < -0.39 is 17.5 Å². The van der Waals surface area contributed by atoms with Crippen LogP contribution in [0.4, 0.5) is 20.2 Å². The van der Waals surface area contributed by atoms with Crippen molar-refractivity contribution in [2.45, 2.75) is 31.6 Å². The van der Waals surface area contributed by atoms with Gasteiger partial charge in [0.05, 0.1) is 11.4 Å². The van der Waals surface area contributed by atoms with E-state index in [1.807, 2.05) is 24.3 Å². The highest BCUT2D eigenvalue weighted by Crippen LogP contribution is 2.42. The van der Waals surface area contributed by atoms with Gasteiger partial charge in [0.2, 0.25) is 0 Å². The lowest BCUT2D eigenvalue weighted by Crippen LogP contribution is -2.21. The highest BCUT2D eigenvalue weighted by molar-refractivity contribution is 9.10. The van der Waals surface area contributed by atoms with Crippen LogP contribution in [0.3, 0.4) is 0 Å². The normalized spacial score (nSPS) is 16.0. The summed E-state index contributed by atoms with van der Waals surface area (Å²) in [7, 11) is 0. The van der Waals surface area contributed by atoms with Crippen LogP contribution in [-0.4, -0.2) is 34.0 Å². The molecule has 2 aliphatic rings. The minimum absolute atomic E-state index is 0.0321. The molecule has 0 spiro atoms. The maximum atomic E-state index is 14.6.